The highest BCUT2D eigenvalue weighted by Crippen LogP contribution is 2.37. The van der Waals surface area contributed by atoms with Crippen LogP contribution in [0.3, 0.4) is 0 Å². The summed E-state index contributed by atoms with van der Waals surface area (Å²) >= 11 is 0. The van der Waals surface area contributed by atoms with E-state index in [2.05, 4.69) is 0 Å². The third-order valence-electron chi connectivity index (χ3n) is 3.04. The van der Waals surface area contributed by atoms with Gasteiger partial charge in [0.05, 0.1) is 0 Å². The normalized spacial score (nSPS) is 14.6. The van der Waals surface area contributed by atoms with Crippen molar-refractivity contribution in [2.24, 2.45) is 0 Å². The zero-order valence-corrected chi connectivity index (χ0v) is 9.24. The van der Waals surface area contributed by atoms with Gasteiger partial charge in [-0.3, -0.25) is 4.79 Å². The first-order chi connectivity index (χ1) is 8.47. The summed E-state index contributed by atoms with van der Waals surface area (Å²) in [6.45, 7) is -5.04. The number of hydrogen-bond acceptors (Lipinski definition) is 1. The fraction of sp³-hybridized carbons (Fsp3) is 0.0833. The van der Waals surface area contributed by atoms with E-state index in [4.69, 9.17) is 0 Å². The summed E-state index contributed by atoms with van der Waals surface area (Å²) in [5.74, 6) is -0.569. The Morgan fingerprint density at radius 2 is 1.72 bits per heavy atom. The number of amides is 1. The molecular formula is C12H8BF3NO-. The molecule has 0 spiro atoms. The van der Waals surface area contributed by atoms with Crippen LogP contribution in [0.25, 0.3) is 10.8 Å². The van der Waals surface area contributed by atoms with Crippen molar-refractivity contribution in [3.8, 4) is 0 Å². The van der Waals surface area contributed by atoms with Crippen LogP contribution in [-0.4, -0.2) is 19.3 Å². The molecule has 1 aliphatic heterocycles. The first-order valence-electron chi connectivity index (χ1n) is 5.52. The number of rotatable bonds is 2. The molecule has 0 N–H and O–H groups in total. The molecule has 92 valence electrons. The molecule has 1 aliphatic rings. The van der Waals surface area contributed by atoms with Gasteiger partial charge >= 0.3 is 6.98 Å². The lowest BCUT2D eigenvalue weighted by atomic mass is 9.91. The molecule has 2 aromatic carbocycles. The van der Waals surface area contributed by atoms with Crippen molar-refractivity contribution in [2.45, 2.75) is 0 Å². The third-order valence-corrected chi connectivity index (χ3v) is 3.04. The van der Waals surface area contributed by atoms with E-state index in [1.54, 1.807) is 36.4 Å². The maximum Gasteiger partial charge on any atom is 0.497 e. The van der Waals surface area contributed by atoms with E-state index in [-0.39, 0.29) is 0 Å². The number of carbonyl (C=O) groups is 1. The molecule has 2 nitrogen and oxygen atoms in total. The second-order valence-electron chi connectivity index (χ2n) is 4.31. The van der Waals surface area contributed by atoms with E-state index in [1.807, 2.05) is 0 Å². The number of hydrogen-bond donors (Lipinski definition) is 0. The van der Waals surface area contributed by atoms with E-state index in [0.717, 1.165) is 10.3 Å². The van der Waals surface area contributed by atoms with Crippen molar-refractivity contribution < 1.29 is 17.7 Å². The zero-order valence-electron chi connectivity index (χ0n) is 9.24. The fourth-order valence-corrected chi connectivity index (χ4v) is 2.37. The average Bonchev–Trinajstić information content (AvgIpc) is 2.56. The number of halogens is 3. The smallest absolute Gasteiger partial charge is 0.448 e. The minimum absolute atomic E-state index is 0.350. The Kier molecular flexibility index (Phi) is 2.17. The van der Waals surface area contributed by atoms with E-state index in [1.165, 1.54) is 0 Å². The molecule has 0 unspecified atom stereocenters. The number of benzene rings is 2. The molecule has 0 aromatic heterocycles. The lowest BCUT2D eigenvalue weighted by Gasteiger charge is -2.24. The lowest BCUT2D eigenvalue weighted by Crippen LogP contribution is -2.39. The fourth-order valence-electron chi connectivity index (χ4n) is 2.37. The highest BCUT2D eigenvalue weighted by molar-refractivity contribution is 6.60. The summed E-state index contributed by atoms with van der Waals surface area (Å²) < 4.78 is 37.7. The highest BCUT2D eigenvalue weighted by atomic mass is 19.4. The van der Waals surface area contributed by atoms with Gasteiger partial charge in [-0.1, -0.05) is 24.3 Å². The molecule has 0 atom stereocenters. The standard InChI is InChI=1S/C12H8BF3NO/c14-13(15,16)7-17-10-6-2-4-8-3-1-5-9(11(8)10)12(17)18/h1-6H,7H2/q-1. The molecule has 2 aromatic rings. The van der Waals surface area contributed by atoms with Crippen molar-refractivity contribution in [1.29, 1.82) is 0 Å². The van der Waals surface area contributed by atoms with Gasteiger partial charge in [0.2, 0.25) is 0 Å². The zero-order chi connectivity index (χ0) is 12.9. The summed E-state index contributed by atoms with van der Waals surface area (Å²) in [6.07, 6.45) is -1.19. The number of anilines is 1. The minimum Gasteiger partial charge on any atom is -0.448 e. The van der Waals surface area contributed by atoms with Gasteiger partial charge in [0.1, 0.15) is 0 Å². The first kappa shape index (κ1) is 11.1. The Balaban J connectivity index is 2.20. The molecule has 1 amide bonds. The molecule has 0 saturated heterocycles. The Morgan fingerprint density at radius 1 is 1.06 bits per heavy atom. The third kappa shape index (κ3) is 1.56. The summed E-state index contributed by atoms with van der Waals surface area (Å²) in [7, 11) is 0. The van der Waals surface area contributed by atoms with Crippen molar-refractivity contribution in [1.82, 2.24) is 0 Å². The molecule has 0 saturated carbocycles. The van der Waals surface area contributed by atoms with Gasteiger partial charge in [0.15, 0.2) is 0 Å². The Morgan fingerprint density at radius 3 is 2.39 bits per heavy atom. The molecule has 0 fully saturated rings. The molecule has 3 rings (SSSR count). The van der Waals surface area contributed by atoms with Crippen LogP contribution in [-0.2, 0) is 0 Å². The molecule has 1 heterocycles. The molecule has 6 heteroatoms. The Labute approximate surface area is 101 Å². The van der Waals surface area contributed by atoms with Gasteiger partial charge in [0.25, 0.3) is 5.91 Å². The summed E-state index contributed by atoms with van der Waals surface area (Å²) in [5.41, 5.74) is 0.704. The van der Waals surface area contributed by atoms with Crippen LogP contribution in [0.15, 0.2) is 36.4 Å². The number of carbonyl (C=O) groups excluding carboxylic acids is 1. The molecule has 18 heavy (non-hydrogen) atoms. The van der Waals surface area contributed by atoms with Gasteiger partial charge in [0, 0.05) is 16.6 Å². The second-order valence-corrected chi connectivity index (χ2v) is 4.31. The predicted molar refractivity (Wildman–Crippen MR) is 64.7 cm³/mol. The van der Waals surface area contributed by atoms with E-state index in [9.17, 15) is 17.7 Å². The van der Waals surface area contributed by atoms with Crippen molar-refractivity contribution >= 4 is 29.3 Å². The second kappa shape index (κ2) is 3.51. The van der Waals surface area contributed by atoms with Crippen LogP contribution in [0.4, 0.5) is 18.6 Å². The molecule has 0 radical (unpaired) electrons. The molecule has 0 bridgehead atoms. The quantitative estimate of drug-likeness (QED) is 0.749. The van der Waals surface area contributed by atoms with E-state index >= 15 is 0 Å². The van der Waals surface area contributed by atoms with Gasteiger partial charge in [-0.25, -0.2) is 0 Å². The Bertz CT molecular complexity index is 648. The van der Waals surface area contributed by atoms with Crippen LogP contribution in [0.1, 0.15) is 10.4 Å². The van der Waals surface area contributed by atoms with Crippen LogP contribution < -0.4 is 4.90 Å². The minimum atomic E-state index is -5.04. The van der Waals surface area contributed by atoms with Crippen LogP contribution >= 0.6 is 0 Å². The predicted octanol–water partition coefficient (Wildman–Crippen LogP) is 3.19. The van der Waals surface area contributed by atoms with Gasteiger partial charge in [-0.05, 0) is 24.0 Å². The number of nitrogens with zero attached hydrogens (tertiary/aromatic N) is 1. The van der Waals surface area contributed by atoms with E-state index in [0.29, 0.717) is 16.6 Å². The van der Waals surface area contributed by atoms with Gasteiger partial charge < -0.3 is 17.8 Å². The van der Waals surface area contributed by atoms with Crippen molar-refractivity contribution in [3.63, 3.8) is 0 Å². The molecular weight excluding hydrogens is 242 g/mol. The van der Waals surface area contributed by atoms with Crippen LogP contribution in [0, 0.1) is 0 Å². The van der Waals surface area contributed by atoms with Crippen LogP contribution in [0.2, 0.25) is 0 Å². The largest absolute Gasteiger partial charge is 0.497 e. The molecule has 0 aliphatic carbocycles. The highest BCUT2D eigenvalue weighted by Gasteiger charge is 2.35. The topological polar surface area (TPSA) is 20.3 Å². The van der Waals surface area contributed by atoms with Gasteiger partial charge in [-0.2, -0.15) is 0 Å². The first-order valence-corrected chi connectivity index (χ1v) is 5.52. The van der Waals surface area contributed by atoms with E-state index < -0.39 is 19.3 Å². The average molecular weight is 250 g/mol. The SMILES string of the molecule is O=C1c2cccc3cccc(c23)N1C[B-](F)(F)F. The monoisotopic (exact) mass is 250 g/mol. The lowest BCUT2D eigenvalue weighted by molar-refractivity contribution is 0.0994. The van der Waals surface area contributed by atoms with Crippen molar-refractivity contribution in [3.05, 3.63) is 42.0 Å². The maximum absolute atomic E-state index is 12.6. The van der Waals surface area contributed by atoms with Gasteiger partial charge in [-0.15, -0.1) is 0 Å². The Hall–Kier alpha value is -1.98. The summed E-state index contributed by atoms with van der Waals surface area (Å²) in [4.78, 5) is 12.8. The maximum atomic E-state index is 12.6. The van der Waals surface area contributed by atoms with Crippen molar-refractivity contribution in [2.75, 3.05) is 11.3 Å². The summed E-state index contributed by atoms with van der Waals surface area (Å²) in [6, 6.07) is 10.0. The van der Waals surface area contributed by atoms with Crippen LogP contribution in [0.5, 0.6) is 0 Å². The summed E-state index contributed by atoms with van der Waals surface area (Å²) in [5, 5.41) is 1.40.